The van der Waals surface area contributed by atoms with Crippen molar-refractivity contribution in [2.75, 3.05) is 52.5 Å². The van der Waals surface area contributed by atoms with E-state index in [2.05, 4.69) is 41.7 Å². The molecule has 17 heteroatoms. The molecule has 0 aromatic heterocycles. The van der Waals surface area contributed by atoms with Gasteiger partial charge in [0.25, 0.3) is 0 Å². The molecule has 12 unspecified atom stereocenters. The van der Waals surface area contributed by atoms with Gasteiger partial charge in [-0.3, -0.25) is 45.5 Å². The van der Waals surface area contributed by atoms with Crippen LogP contribution in [0, 0.1) is 5.92 Å². The summed E-state index contributed by atoms with van der Waals surface area (Å²) in [5, 5.41) is 29.6. The number of piperidine rings is 2. The molecule has 0 radical (unpaired) electrons. The molecular formula is C31H51ClF3N9O4. The third-order valence-corrected chi connectivity index (χ3v) is 12.0. The summed E-state index contributed by atoms with van der Waals surface area (Å²) in [5.41, 5.74) is 0. The van der Waals surface area contributed by atoms with Crippen LogP contribution in [0.4, 0.5) is 13.2 Å². The molecular weight excluding hydrogens is 655 g/mol. The van der Waals surface area contributed by atoms with Crippen LogP contribution in [0.15, 0.2) is 0 Å². The first-order valence-corrected chi connectivity index (χ1v) is 18.0. The average Bonchev–Trinajstić information content (AvgIpc) is 3.06. The van der Waals surface area contributed by atoms with Crippen molar-refractivity contribution in [3.05, 3.63) is 0 Å². The lowest BCUT2D eigenvalue weighted by atomic mass is 9.82. The van der Waals surface area contributed by atoms with Crippen LogP contribution in [0.5, 0.6) is 0 Å². The number of fused-ring (bicyclic) bond motifs is 2. The van der Waals surface area contributed by atoms with Crippen LogP contribution < -0.4 is 31.9 Å². The first-order chi connectivity index (χ1) is 22.9. The van der Waals surface area contributed by atoms with Gasteiger partial charge in [-0.15, -0.1) is 11.6 Å². The lowest BCUT2D eigenvalue weighted by Crippen LogP contribution is -2.82. The molecule has 5 aliphatic heterocycles. The van der Waals surface area contributed by atoms with E-state index in [1.165, 1.54) is 0 Å². The number of amides is 2. The fourth-order valence-electron chi connectivity index (χ4n) is 8.76. The summed E-state index contributed by atoms with van der Waals surface area (Å²) in [6.45, 7) is 7.51. The summed E-state index contributed by atoms with van der Waals surface area (Å²) in [5.74, 6) is -1.90. The Bertz CT molecular complexity index is 1180. The molecule has 5 saturated heterocycles. The Hall–Kier alpha value is -1.63. The molecule has 48 heavy (non-hydrogen) atoms. The molecule has 6 fully saturated rings. The van der Waals surface area contributed by atoms with Crippen molar-refractivity contribution in [1.29, 1.82) is 0 Å². The molecule has 6 aliphatic rings. The molecule has 1 saturated carbocycles. The third-order valence-electron chi connectivity index (χ3n) is 11.5. The van der Waals surface area contributed by atoms with Crippen molar-refractivity contribution in [3.63, 3.8) is 0 Å². The van der Waals surface area contributed by atoms with Crippen LogP contribution in [0.2, 0.25) is 0 Å². The van der Waals surface area contributed by atoms with E-state index < -0.39 is 53.9 Å². The molecule has 5 heterocycles. The number of likely N-dealkylation sites (tertiary alicyclic amines) is 1. The number of hydrogen-bond donors (Lipinski definition) is 7. The van der Waals surface area contributed by atoms with E-state index in [1.807, 2.05) is 13.8 Å². The van der Waals surface area contributed by atoms with Gasteiger partial charge in [0.15, 0.2) is 5.78 Å². The highest BCUT2D eigenvalue weighted by Crippen LogP contribution is 2.39. The number of carbonyl (C=O) groups is 3. The van der Waals surface area contributed by atoms with Crippen LogP contribution in [-0.2, 0) is 14.4 Å². The molecule has 272 valence electrons. The maximum atomic E-state index is 14.4. The van der Waals surface area contributed by atoms with E-state index in [0.717, 1.165) is 13.0 Å². The molecule has 0 aromatic rings. The molecule has 7 N–H and O–H groups in total. The van der Waals surface area contributed by atoms with Crippen LogP contribution in [0.1, 0.15) is 46.0 Å². The van der Waals surface area contributed by atoms with E-state index in [-0.39, 0.29) is 67.6 Å². The van der Waals surface area contributed by atoms with Gasteiger partial charge in [0.05, 0.1) is 42.2 Å². The normalized spacial score (nSPS) is 41.7. The van der Waals surface area contributed by atoms with Crippen molar-refractivity contribution >= 4 is 29.2 Å². The van der Waals surface area contributed by atoms with Crippen molar-refractivity contribution in [3.8, 4) is 0 Å². The molecule has 6 rings (SSSR count). The smallest absolute Gasteiger partial charge is 0.389 e. The van der Waals surface area contributed by atoms with E-state index >= 15 is 0 Å². The fraction of sp³-hybridized carbons (Fsp3) is 0.903. The third kappa shape index (κ3) is 7.38. The van der Waals surface area contributed by atoms with Crippen molar-refractivity contribution < 1.29 is 32.7 Å². The second-order valence-electron chi connectivity index (χ2n) is 14.4. The number of aliphatic hydroxyl groups is 1. The van der Waals surface area contributed by atoms with Gasteiger partial charge in [-0.25, -0.2) is 0 Å². The summed E-state index contributed by atoms with van der Waals surface area (Å²) >= 11 is 6.40. The number of carbonyl (C=O) groups excluding carboxylic acids is 3. The zero-order chi connectivity index (χ0) is 34.3. The monoisotopic (exact) mass is 705 g/mol. The molecule has 0 spiro atoms. The Morgan fingerprint density at radius 1 is 1.06 bits per heavy atom. The maximum Gasteiger partial charge on any atom is 0.391 e. The highest BCUT2D eigenvalue weighted by atomic mass is 35.5. The Morgan fingerprint density at radius 2 is 1.81 bits per heavy atom. The zero-order valence-corrected chi connectivity index (χ0v) is 28.4. The predicted octanol–water partition coefficient (Wildman–Crippen LogP) is -1.50. The fourth-order valence-corrected chi connectivity index (χ4v) is 9.16. The average molecular weight is 706 g/mol. The van der Waals surface area contributed by atoms with Gasteiger partial charge < -0.3 is 20.6 Å². The van der Waals surface area contributed by atoms with Gasteiger partial charge in [-0.2, -0.15) is 13.2 Å². The second-order valence-corrected chi connectivity index (χ2v) is 15.0. The lowest BCUT2D eigenvalue weighted by molar-refractivity contribution is -0.182. The minimum absolute atomic E-state index is 0.0352. The Kier molecular flexibility index (Phi) is 11.2. The zero-order valence-electron chi connectivity index (χ0n) is 27.6. The van der Waals surface area contributed by atoms with Crippen LogP contribution in [-0.4, -0.2) is 162 Å². The first kappa shape index (κ1) is 36.2. The van der Waals surface area contributed by atoms with Crippen molar-refractivity contribution in [2.45, 2.75) is 118 Å². The van der Waals surface area contributed by atoms with Crippen molar-refractivity contribution in [1.82, 2.24) is 46.6 Å². The molecule has 13 nitrogen and oxygen atoms in total. The van der Waals surface area contributed by atoms with E-state index in [9.17, 15) is 32.7 Å². The Labute approximate surface area is 284 Å². The lowest BCUT2D eigenvalue weighted by Gasteiger charge is -2.57. The molecule has 0 bridgehead atoms. The largest absolute Gasteiger partial charge is 0.391 e. The van der Waals surface area contributed by atoms with E-state index in [4.69, 9.17) is 11.6 Å². The van der Waals surface area contributed by atoms with Gasteiger partial charge in [0.1, 0.15) is 6.04 Å². The maximum absolute atomic E-state index is 14.4. The number of nitrogens with one attached hydrogen (secondary N) is 6. The Morgan fingerprint density at radius 3 is 2.50 bits per heavy atom. The predicted molar refractivity (Wildman–Crippen MR) is 172 cm³/mol. The number of ketones is 1. The standard InChI is InChI=1S/C31H51ClF3N9O4/c1-3-22-26(42-8-10-43(11-9-42)30(48)25-27(46)16(2)37-15-38-25)28(47)24-29(41-20-6-7-36-13-21(20)40-24)44(22)14-23(45)39-19-5-4-17(12-18(19)32)31(33,34)35/h16-22,24-27,29,36-38,40-41,46H,3-15H2,1-2H3,(H,39,45). The topological polar surface area (TPSA) is 153 Å². The number of Topliss-reactive ketones (excluding diaryl/α,β-unsaturated/α-hetero) is 1. The number of aliphatic hydroxyl groups excluding tert-OH is 1. The van der Waals surface area contributed by atoms with Gasteiger partial charge in [-0.05, 0) is 45.6 Å². The number of piperazine rings is 2. The van der Waals surface area contributed by atoms with Gasteiger partial charge in [0.2, 0.25) is 11.8 Å². The summed E-state index contributed by atoms with van der Waals surface area (Å²) < 4.78 is 40.0. The SMILES string of the molecule is CCC1C(N2CCN(C(=O)C3NCNC(C)C3O)CC2)C(=O)C2NC3CNCCC3NC2N1CC(=O)NC1CCC(C(F)(F)F)CC1Cl. The Balaban J connectivity index is 1.16. The number of alkyl halides is 4. The summed E-state index contributed by atoms with van der Waals surface area (Å²) in [4.78, 5) is 47.4. The molecule has 12 atom stereocenters. The van der Waals surface area contributed by atoms with Gasteiger partial charge in [-0.1, -0.05) is 6.92 Å². The highest BCUT2D eigenvalue weighted by molar-refractivity contribution is 6.21. The first-order valence-electron chi connectivity index (χ1n) is 17.6. The van der Waals surface area contributed by atoms with E-state index in [0.29, 0.717) is 45.8 Å². The minimum Gasteiger partial charge on any atom is -0.389 e. The quantitative estimate of drug-likeness (QED) is 0.162. The summed E-state index contributed by atoms with van der Waals surface area (Å²) in [6, 6.07) is -2.76. The van der Waals surface area contributed by atoms with Crippen LogP contribution in [0.25, 0.3) is 0 Å². The molecule has 0 aromatic carbocycles. The molecule has 2 amide bonds. The van der Waals surface area contributed by atoms with Crippen molar-refractivity contribution in [2.24, 2.45) is 5.92 Å². The summed E-state index contributed by atoms with van der Waals surface area (Å²) in [7, 11) is 0. The van der Waals surface area contributed by atoms with Gasteiger partial charge in [0, 0.05) is 69.6 Å². The number of rotatable bonds is 6. The second kappa shape index (κ2) is 14.9. The molecule has 1 aliphatic carbocycles. The van der Waals surface area contributed by atoms with E-state index in [1.54, 1.807) is 4.90 Å². The number of nitrogens with zero attached hydrogens (tertiary/aromatic N) is 3. The van der Waals surface area contributed by atoms with Gasteiger partial charge >= 0.3 is 6.18 Å². The number of halogens is 4. The number of hydrogen-bond acceptors (Lipinski definition) is 11. The minimum atomic E-state index is -4.31. The van der Waals surface area contributed by atoms with Crippen LogP contribution >= 0.6 is 11.6 Å². The summed E-state index contributed by atoms with van der Waals surface area (Å²) in [6.07, 6.45) is -4.32. The highest BCUT2D eigenvalue weighted by Gasteiger charge is 2.55. The van der Waals surface area contributed by atoms with Crippen LogP contribution in [0.3, 0.4) is 0 Å².